The van der Waals surface area contributed by atoms with Crippen LogP contribution in [0.15, 0.2) is 32.6 Å². The van der Waals surface area contributed by atoms with Gasteiger partial charge in [0.2, 0.25) is 17.6 Å². The summed E-state index contributed by atoms with van der Waals surface area (Å²) in [7, 11) is 1.85. The summed E-state index contributed by atoms with van der Waals surface area (Å²) in [6, 6.07) is 6.08. The number of hydrogen-bond acceptors (Lipinski definition) is 6. The second-order valence-electron chi connectivity index (χ2n) is 6.64. The number of hydrogen-bond donors (Lipinski definition) is 1. The fourth-order valence-corrected chi connectivity index (χ4v) is 4.29. The molecule has 0 atom stereocenters. The quantitative estimate of drug-likeness (QED) is 0.598. The third-order valence-corrected chi connectivity index (χ3v) is 5.70. The first-order valence-electron chi connectivity index (χ1n) is 8.45. The monoisotopic (exact) mass is 448 g/mol. The molecule has 0 saturated carbocycles. The molecule has 1 N–H and O–H groups in total. The number of aromatic nitrogens is 2. The van der Waals surface area contributed by atoms with Crippen molar-refractivity contribution in [2.24, 2.45) is 0 Å². The molecule has 1 aromatic carbocycles. The highest BCUT2D eigenvalue weighted by molar-refractivity contribution is 9.10. The molecule has 6 nitrogen and oxygen atoms in total. The number of carbonyl (C=O) groups excluding carboxylic acids is 1. The van der Waals surface area contributed by atoms with E-state index in [1.807, 2.05) is 44.2 Å². The number of nitrogens with one attached hydrogen (secondary N) is 1. The minimum atomic E-state index is -0.0746. The number of nitrogens with zero attached hydrogens (tertiary/aromatic N) is 3. The summed E-state index contributed by atoms with van der Waals surface area (Å²) in [5.41, 5.74) is 4.19. The molecule has 0 aliphatic carbocycles. The highest BCUT2D eigenvalue weighted by atomic mass is 79.9. The highest BCUT2D eigenvalue weighted by Gasteiger charge is 2.15. The van der Waals surface area contributed by atoms with Gasteiger partial charge in [-0.05, 0) is 60.9 Å². The van der Waals surface area contributed by atoms with E-state index in [4.69, 9.17) is 4.52 Å². The summed E-state index contributed by atoms with van der Waals surface area (Å²) >= 11 is 4.96. The van der Waals surface area contributed by atoms with E-state index in [0.717, 1.165) is 26.2 Å². The molecule has 3 aromatic rings. The second kappa shape index (κ2) is 8.33. The van der Waals surface area contributed by atoms with Crippen LogP contribution in [0.1, 0.15) is 22.6 Å². The average Bonchev–Trinajstić information content (AvgIpc) is 3.19. The zero-order chi connectivity index (χ0) is 19.6. The van der Waals surface area contributed by atoms with Gasteiger partial charge in [-0.25, -0.2) is 0 Å². The van der Waals surface area contributed by atoms with E-state index in [0.29, 0.717) is 18.3 Å². The molecule has 2 aromatic heterocycles. The Balaban J connectivity index is 1.59. The molecular weight excluding hydrogens is 428 g/mol. The van der Waals surface area contributed by atoms with Crippen LogP contribution in [-0.2, 0) is 11.3 Å². The Morgan fingerprint density at radius 3 is 2.59 bits per heavy atom. The number of thiophene rings is 1. The summed E-state index contributed by atoms with van der Waals surface area (Å²) in [5, 5.41) is 8.98. The largest absolute Gasteiger partial charge is 0.338 e. The molecule has 3 rings (SSSR count). The molecule has 0 aliphatic rings. The van der Waals surface area contributed by atoms with Gasteiger partial charge in [0.15, 0.2) is 0 Å². The maximum Gasteiger partial charge on any atom is 0.241 e. The molecule has 0 unspecified atom stereocenters. The van der Waals surface area contributed by atoms with Gasteiger partial charge >= 0.3 is 0 Å². The van der Waals surface area contributed by atoms with Crippen LogP contribution in [0.3, 0.4) is 0 Å². The molecule has 0 aliphatic heterocycles. The normalized spacial score (nSPS) is 11.2. The Bertz CT molecular complexity index is 943. The number of carbonyl (C=O) groups is 1. The van der Waals surface area contributed by atoms with Crippen LogP contribution >= 0.6 is 27.3 Å². The summed E-state index contributed by atoms with van der Waals surface area (Å²) in [5.74, 6) is 0.964. The Morgan fingerprint density at radius 2 is 1.96 bits per heavy atom. The third kappa shape index (κ3) is 5.03. The van der Waals surface area contributed by atoms with Crippen molar-refractivity contribution >= 4 is 38.9 Å². The third-order valence-electron chi connectivity index (χ3n) is 4.02. The van der Waals surface area contributed by atoms with Crippen LogP contribution < -0.4 is 5.32 Å². The summed E-state index contributed by atoms with van der Waals surface area (Å²) in [6.07, 6.45) is 0. The molecule has 0 saturated heterocycles. The van der Waals surface area contributed by atoms with E-state index < -0.39 is 0 Å². The average molecular weight is 449 g/mol. The summed E-state index contributed by atoms with van der Waals surface area (Å²) in [4.78, 5) is 19.6. The van der Waals surface area contributed by atoms with E-state index >= 15 is 0 Å². The van der Waals surface area contributed by atoms with Crippen LogP contribution in [0, 0.1) is 20.8 Å². The van der Waals surface area contributed by atoms with Crippen molar-refractivity contribution in [2.45, 2.75) is 27.3 Å². The maximum atomic E-state index is 12.4. The standard InChI is InChI=1S/C19H21BrN4O2S/c1-11-5-12(2)18(13(3)6-11)21-16(25)8-24(4)9-17-22-19(23-26-17)15-7-14(20)10-27-15/h5-7,10H,8-9H2,1-4H3,(H,21,25). The number of anilines is 1. The number of likely N-dealkylation sites (N-methyl/N-ethyl adjacent to an activating group) is 1. The van der Waals surface area contributed by atoms with Crippen LogP contribution in [0.4, 0.5) is 5.69 Å². The topological polar surface area (TPSA) is 71.3 Å². The van der Waals surface area contributed by atoms with Crippen LogP contribution in [0.2, 0.25) is 0 Å². The fraction of sp³-hybridized carbons (Fsp3) is 0.316. The van der Waals surface area contributed by atoms with E-state index in [1.54, 1.807) is 11.3 Å². The van der Waals surface area contributed by atoms with Crippen molar-refractivity contribution in [3.8, 4) is 10.7 Å². The number of aryl methyl sites for hydroxylation is 3. The van der Waals surface area contributed by atoms with Gasteiger partial charge in [0, 0.05) is 15.5 Å². The van der Waals surface area contributed by atoms with Crippen molar-refractivity contribution in [2.75, 3.05) is 18.9 Å². The lowest BCUT2D eigenvalue weighted by Gasteiger charge is -2.16. The molecular formula is C19H21BrN4O2S. The minimum Gasteiger partial charge on any atom is -0.338 e. The SMILES string of the molecule is Cc1cc(C)c(NC(=O)CN(C)Cc2nc(-c3cc(Br)cs3)no2)c(C)c1. The predicted molar refractivity (Wildman–Crippen MR) is 111 cm³/mol. The lowest BCUT2D eigenvalue weighted by molar-refractivity contribution is -0.117. The molecule has 8 heteroatoms. The van der Waals surface area contributed by atoms with Gasteiger partial charge in [-0.1, -0.05) is 22.9 Å². The summed E-state index contributed by atoms with van der Waals surface area (Å²) in [6.45, 7) is 6.69. The number of benzene rings is 1. The molecule has 0 fully saturated rings. The second-order valence-corrected chi connectivity index (χ2v) is 8.46. The van der Waals surface area contributed by atoms with Crippen molar-refractivity contribution in [3.63, 3.8) is 0 Å². The molecule has 27 heavy (non-hydrogen) atoms. The number of rotatable bonds is 6. The molecule has 0 radical (unpaired) electrons. The van der Waals surface area contributed by atoms with Gasteiger partial charge in [-0.15, -0.1) is 11.3 Å². The van der Waals surface area contributed by atoms with Crippen molar-refractivity contribution in [1.29, 1.82) is 0 Å². The highest BCUT2D eigenvalue weighted by Crippen LogP contribution is 2.27. The van der Waals surface area contributed by atoms with Gasteiger partial charge in [0.05, 0.1) is 18.0 Å². The van der Waals surface area contributed by atoms with E-state index in [1.165, 1.54) is 5.56 Å². The lowest BCUT2D eigenvalue weighted by atomic mass is 10.1. The maximum absolute atomic E-state index is 12.4. The van der Waals surface area contributed by atoms with E-state index in [2.05, 4.69) is 43.5 Å². The fourth-order valence-electron chi connectivity index (χ4n) is 2.94. The Kier molecular flexibility index (Phi) is 6.08. The zero-order valence-corrected chi connectivity index (χ0v) is 18.1. The molecule has 0 bridgehead atoms. The Morgan fingerprint density at radius 1 is 1.26 bits per heavy atom. The lowest BCUT2D eigenvalue weighted by Crippen LogP contribution is -2.30. The smallest absolute Gasteiger partial charge is 0.241 e. The van der Waals surface area contributed by atoms with Crippen molar-refractivity contribution in [3.05, 3.63) is 50.6 Å². The van der Waals surface area contributed by atoms with E-state index in [9.17, 15) is 4.79 Å². The molecule has 0 spiro atoms. The first-order valence-corrected chi connectivity index (χ1v) is 10.1. The molecule has 142 valence electrons. The van der Waals surface area contributed by atoms with Crippen LogP contribution in [-0.4, -0.2) is 34.5 Å². The predicted octanol–water partition coefficient (Wildman–Crippen LogP) is 4.56. The first kappa shape index (κ1) is 19.7. The Hall–Kier alpha value is -2.03. The van der Waals surface area contributed by atoms with Crippen molar-refractivity contribution < 1.29 is 9.32 Å². The Labute approximate surface area is 170 Å². The van der Waals surface area contributed by atoms with Gasteiger partial charge < -0.3 is 9.84 Å². The van der Waals surface area contributed by atoms with Crippen molar-refractivity contribution in [1.82, 2.24) is 15.0 Å². The molecule has 1 amide bonds. The number of amides is 1. The minimum absolute atomic E-state index is 0.0746. The van der Waals surface area contributed by atoms with Gasteiger partial charge in [0.25, 0.3) is 0 Å². The van der Waals surface area contributed by atoms with Gasteiger partial charge in [0.1, 0.15) is 0 Å². The van der Waals surface area contributed by atoms with Crippen LogP contribution in [0.5, 0.6) is 0 Å². The van der Waals surface area contributed by atoms with Crippen LogP contribution in [0.25, 0.3) is 10.7 Å². The summed E-state index contributed by atoms with van der Waals surface area (Å²) < 4.78 is 6.30. The number of halogens is 1. The van der Waals surface area contributed by atoms with Gasteiger partial charge in [-0.3, -0.25) is 9.69 Å². The molecule has 2 heterocycles. The van der Waals surface area contributed by atoms with Gasteiger partial charge in [-0.2, -0.15) is 4.98 Å². The van der Waals surface area contributed by atoms with E-state index in [-0.39, 0.29) is 12.5 Å². The first-order chi connectivity index (χ1) is 12.8. The zero-order valence-electron chi connectivity index (χ0n) is 15.7.